The molecule has 2 aliphatic rings. The number of aliphatic hydroxyl groups is 4. The highest BCUT2D eigenvalue weighted by Gasteiger charge is 2.27. The molecule has 3 rings (SSSR count). The molecule has 0 unspecified atom stereocenters. The van der Waals surface area contributed by atoms with Crippen LogP contribution in [0, 0.1) is 6.92 Å². The van der Waals surface area contributed by atoms with Crippen LogP contribution in [-0.2, 0) is 13.0 Å². The van der Waals surface area contributed by atoms with Gasteiger partial charge in [-0.1, -0.05) is 6.92 Å². The van der Waals surface area contributed by atoms with Crippen molar-refractivity contribution in [2.45, 2.75) is 45.1 Å². The molecule has 3 atom stereocenters. The zero-order valence-corrected chi connectivity index (χ0v) is 15.5. The number of rotatable bonds is 6. The average Bonchev–Trinajstić information content (AvgIpc) is 2.66. The molecular weight excluding hydrogens is 368 g/mol. The number of aliphatic hydroxyl groups excluding tert-OH is 4. The monoisotopic (exact) mass is 390 g/mol. The van der Waals surface area contributed by atoms with Gasteiger partial charge < -0.3 is 25.0 Å². The number of H-pyrrole nitrogens is 1. The summed E-state index contributed by atoms with van der Waals surface area (Å²) in [6.45, 7) is 2.87. The molecule has 2 aliphatic heterocycles. The summed E-state index contributed by atoms with van der Waals surface area (Å²) in [6.07, 6.45) is -3.96. The number of fused-ring (bicyclic) bond motifs is 2. The molecule has 0 bridgehead atoms. The lowest BCUT2D eigenvalue weighted by atomic mass is 10.0. The van der Waals surface area contributed by atoms with E-state index >= 15 is 0 Å². The normalized spacial score (nSPS) is 15.1. The van der Waals surface area contributed by atoms with Gasteiger partial charge in [0.15, 0.2) is 11.5 Å². The van der Waals surface area contributed by atoms with E-state index in [-0.39, 0.29) is 18.1 Å². The van der Waals surface area contributed by atoms with Gasteiger partial charge in [0.1, 0.15) is 18.3 Å². The van der Waals surface area contributed by atoms with Gasteiger partial charge in [0.2, 0.25) is 0 Å². The topological polar surface area (TPSA) is 162 Å². The molecule has 0 radical (unpaired) electrons. The van der Waals surface area contributed by atoms with Gasteiger partial charge in [-0.2, -0.15) is 4.98 Å². The van der Waals surface area contributed by atoms with E-state index in [1.807, 2.05) is 19.9 Å². The highest BCUT2D eigenvalue weighted by Crippen LogP contribution is 2.25. The number of hydrogen-bond donors (Lipinski definition) is 5. The molecule has 0 aliphatic carbocycles. The first-order valence-electron chi connectivity index (χ1n) is 8.86. The van der Waals surface area contributed by atoms with Crippen molar-refractivity contribution >= 4 is 11.0 Å². The molecule has 0 saturated heterocycles. The van der Waals surface area contributed by atoms with Gasteiger partial charge in [-0.15, -0.1) is 0 Å². The second kappa shape index (κ2) is 7.76. The first kappa shape index (κ1) is 20.1. The van der Waals surface area contributed by atoms with Crippen LogP contribution in [0.25, 0.3) is 22.6 Å². The van der Waals surface area contributed by atoms with E-state index in [1.54, 1.807) is 6.07 Å². The van der Waals surface area contributed by atoms with E-state index in [1.165, 1.54) is 4.57 Å². The minimum Gasteiger partial charge on any atom is -0.394 e. The summed E-state index contributed by atoms with van der Waals surface area (Å²) in [7, 11) is 0. The largest absolute Gasteiger partial charge is 0.394 e. The Balaban J connectivity index is 2.29. The number of hydrogen-bond acceptors (Lipinski definition) is 8. The molecule has 2 heterocycles. The highest BCUT2D eigenvalue weighted by atomic mass is 16.4. The quantitative estimate of drug-likeness (QED) is 0.319. The Morgan fingerprint density at radius 2 is 1.86 bits per heavy atom. The van der Waals surface area contributed by atoms with E-state index in [9.17, 15) is 24.9 Å². The predicted octanol–water partition coefficient (Wildman–Crippen LogP) is -1.47. The second-order valence-electron chi connectivity index (χ2n) is 6.69. The molecule has 28 heavy (non-hydrogen) atoms. The lowest BCUT2D eigenvalue weighted by Crippen LogP contribution is -2.42. The SMILES string of the molecule is CCc1cc2c(cc1C)nc1c(=O)[nH]c(=O)nc-1n2C[C@@H](O)[C@@H](O)[C@@H](O)CO. The minimum atomic E-state index is -1.64. The van der Waals surface area contributed by atoms with Crippen LogP contribution in [0.3, 0.4) is 0 Å². The minimum absolute atomic E-state index is 0.0445. The van der Waals surface area contributed by atoms with Crippen molar-refractivity contribution in [3.8, 4) is 11.5 Å². The molecule has 0 spiro atoms. The smallest absolute Gasteiger partial charge is 0.349 e. The number of nitrogens with zero attached hydrogens (tertiary/aromatic N) is 3. The van der Waals surface area contributed by atoms with E-state index in [0.29, 0.717) is 11.0 Å². The van der Waals surface area contributed by atoms with E-state index in [4.69, 9.17) is 5.11 Å². The average molecular weight is 390 g/mol. The fourth-order valence-corrected chi connectivity index (χ4v) is 3.21. The van der Waals surface area contributed by atoms with Crippen LogP contribution in [0.1, 0.15) is 18.1 Å². The molecule has 150 valence electrons. The van der Waals surface area contributed by atoms with Crippen LogP contribution in [0.5, 0.6) is 0 Å². The predicted molar refractivity (Wildman–Crippen MR) is 100 cm³/mol. The lowest BCUT2D eigenvalue weighted by Gasteiger charge is -2.25. The molecule has 10 nitrogen and oxygen atoms in total. The van der Waals surface area contributed by atoms with E-state index in [0.717, 1.165) is 17.5 Å². The lowest BCUT2D eigenvalue weighted by molar-refractivity contribution is -0.0802. The van der Waals surface area contributed by atoms with Crippen LogP contribution < -0.4 is 11.2 Å². The number of aromatic amines is 1. The van der Waals surface area contributed by atoms with E-state index in [2.05, 4.69) is 15.0 Å². The van der Waals surface area contributed by atoms with Gasteiger partial charge in [-0.25, -0.2) is 9.78 Å². The molecule has 10 heteroatoms. The fourth-order valence-electron chi connectivity index (χ4n) is 3.21. The summed E-state index contributed by atoms with van der Waals surface area (Å²) in [6, 6.07) is 3.62. The third-order valence-corrected chi connectivity index (χ3v) is 4.79. The van der Waals surface area contributed by atoms with Gasteiger partial charge in [0, 0.05) is 0 Å². The Hall–Kier alpha value is -2.66. The van der Waals surface area contributed by atoms with Crippen LogP contribution in [-0.4, -0.2) is 64.9 Å². The maximum Gasteiger partial charge on any atom is 0.349 e. The van der Waals surface area contributed by atoms with Crippen molar-refractivity contribution in [3.05, 3.63) is 44.1 Å². The molecule has 0 amide bonds. The maximum atomic E-state index is 12.2. The molecule has 0 fully saturated rings. The Morgan fingerprint density at radius 3 is 2.50 bits per heavy atom. The van der Waals surface area contributed by atoms with Crippen molar-refractivity contribution in [2.24, 2.45) is 0 Å². The molecule has 1 aromatic carbocycles. The zero-order chi connectivity index (χ0) is 20.6. The Kier molecular flexibility index (Phi) is 5.57. The number of nitrogens with one attached hydrogen (secondary N) is 1. The summed E-state index contributed by atoms with van der Waals surface area (Å²) in [5, 5.41) is 39.0. The second-order valence-corrected chi connectivity index (χ2v) is 6.69. The van der Waals surface area contributed by atoms with Crippen molar-refractivity contribution in [1.29, 1.82) is 0 Å². The molecule has 0 saturated carbocycles. The van der Waals surface area contributed by atoms with Crippen LogP contribution in [0.2, 0.25) is 0 Å². The highest BCUT2D eigenvalue weighted by molar-refractivity contribution is 5.81. The maximum absolute atomic E-state index is 12.2. The standard InChI is InChI=1S/C18H22N4O6/c1-3-9-5-11-10(4-8(9)2)19-14-16(20-18(28)21-17(14)27)22(11)6-12(24)15(26)13(25)7-23/h4-5,12-13,15,23-26H,3,6-7H2,1-2H3,(H,21,27,28)/t12-,13+,15-/m1/s1. The van der Waals surface area contributed by atoms with E-state index < -0.39 is 36.2 Å². The third-order valence-electron chi connectivity index (χ3n) is 4.79. The summed E-state index contributed by atoms with van der Waals surface area (Å²) in [5.41, 5.74) is 1.28. The summed E-state index contributed by atoms with van der Waals surface area (Å²) in [4.78, 5) is 34.2. The number of benzene rings is 1. The van der Waals surface area contributed by atoms with Crippen LogP contribution in [0.15, 0.2) is 21.7 Å². The van der Waals surface area contributed by atoms with Gasteiger partial charge in [0.25, 0.3) is 5.56 Å². The Bertz CT molecular complexity index is 1090. The van der Waals surface area contributed by atoms with Gasteiger partial charge in [-0.3, -0.25) is 9.78 Å². The number of aryl methyl sites for hydroxylation is 2. The van der Waals surface area contributed by atoms with Crippen molar-refractivity contribution in [1.82, 2.24) is 19.5 Å². The van der Waals surface area contributed by atoms with Crippen molar-refractivity contribution in [3.63, 3.8) is 0 Å². The summed E-state index contributed by atoms with van der Waals surface area (Å²) >= 11 is 0. The first-order valence-corrected chi connectivity index (χ1v) is 8.86. The van der Waals surface area contributed by atoms with Gasteiger partial charge >= 0.3 is 5.69 Å². The summed E-state index contributed by atoms with van der Waals surface area (Å²) in [5.74, 6) is -0.0445. The van der Waals surface area contributed by atoms with Crippen molar-refractivity contribution < 1.29 is 20.4 Å². The van der Waals surface area contributed by atoms with Crippen molar-refractivity contribution in [2.75, 3.05) is 6.61 Å². The number of aromatic nitrogens is 4. The van der Waals surface area contributed by atoms with Crippen LogP contribution in [0.4, 0.5) is 0 Å². The van der Waals surface area contributed by atoms with Crippen LogP contribution >= 0.6 is 0 Å². The van der Waals surface area contributed by atoms with Gasteiger partial charge in [-0.05, 0) is 36.6 Å². The zero-order valence-electron chi connectivity index (χ0n) is 15.5. The molecule has 0 aromatic heterocycles. The first-order chi connectivity index (χ1) is 13.3. The third kappa shape index (κ3) is 3.54. The Morgan fingerprint density at radius 1 is 1.14 bits per heavy atom. The summed E-state index contributed by atoms with van der Waals surface area (Å²) < 4.78 is 1.42. The molecule has 1 aromatic rings. The van der Waals surface area contributed by atoms with Gasteiger partial charge in [0.05, 0.1) is 24.2 Å². The fraction of sp³-hybridized carbons (Fsp3) is 0.444. The Labute approximate surface area is 159 Å². The molecular formula is C18H22N4O6. The molecule has 5 N–H and O–H groups in total.